The van der Waals surface area contributed by atoms with Gasteiger partial charge in [-0.05, 0) is 18.1 Å². The zero-order valence-corrected chi connectivity index (χ0v) is 7.63. The van der Waals surface area contributed by atoms with Gasteiger partial charge in [-0.15, -0.1) is 0 Å². The van der Waals surface area contributed by atoms with Crippen LogP contribution in [0, 0.1) is 0 Å². The molecule has 1 heteroatoms. The molecule has 12 heavy (non-hydrogen) atoms. The van der Waals surface area contributed by atoms with Crippen LogP contribution in [0.15, 0.2) is 24.3 Å². The summed E-state index contributed by atoms with van der Waals surface area (Å²) in [4.78, 5) is 0. The van der Waals surface area contributed by atoms with E-state index in [9.17, 15) is 0 Å². The van der Waals surface area contributed by atoms with Gasteiger partial charge in [0.2, 0.25) is 0 Å². The van der Waals surface area contributed by atoms with Gasteiger partial charge in [-0.25, -0.2) is 0 Å². The average Bonchev–Trinajstić information content (AvgIpc) is 2.42. The third-order valence-electron chi connectivity index (χ3n) is 2.74. The van der Waals surface area contributed by atoms with E-state index < -0.39 is 0 Å². The van der Waals surface area contributed by atoms with Gasteiger partial charge in [-0.3, -0.25) is 0 Å². The van der Waals surface area contributed by atoms with Crippen LogP contribution in [0.1, 0.15) is 18.1 Å². The summed E-state index contributed by atoms with van der Waals surface area (Å²) >= 11 is 0. The van der Waals surface area contributed by atoms with Crippen LogP contribution in [0.25, 0.3) is 0 Å². The van der Waals surface area contributed by atoms with Crippen LogP contribution in [0.2, 0.25) is 0 Å². The van der Waals surface area contributed by atoms with Crippen molar-refractivity contribution in [3.8, 4) is 0 Å². The molecule has 0 bridgehead atoms. The van der Waals surface area contributed by atoms with E-state index in [1.54, 1.807) is 7.11 Å². The second-order valence-electron chi connectivity index (χ2n) is 3.78. The summed E-state index contributed by atoms with van der Waals surface area (Å²) in [5.74, 6) is 0. The Morgan fingerprint density at radius 1 is 1.17 bits per heavy atom. The van der Waals surface area contributed by atoms with Crippen LogP contribution in [0.4, 0.5) is 0 Å². The maximum atomic E-state index is 5.48. The first-order valence-corrected chi connectivity index (χ1v) is 4.35. The first-order chi connectivity index (χ1) is 5.73. The Bertz CT molecular complexity index is 266. The summed E-state index contributed by atoms with van der Waals surface area (Å²) in [6, 6.07) is 8.58. The van der Waals surface area contributed by atoms with Crippen molar-refractivity contribution in [3.63, 3.8) is 0 Å². The van der Waals surface area contributed by atoms with Gasteiger partial charge in [0.15, 0.2) is 0 Å². The lowest BCUT2D eigenvalue weighted by Gasteiger charge is -2.20. The molecule has 64 valence electrons. The fourth-order valence-corrected chi connectivity index (χ4v) is 1.91. The number of hydrogen-bond donors (Lipinski definition) is 0. The highest BCUT2D eigenvalue weighted by Gasteiger charge is 2.31. The van der Waals surface area contributed by atoms with Crippen LogP contribution in [0.5, 0.6) is 0 Å². The fraction of sp³-hybridized carbons (Fsp3) is 0.455. The minimum absolute atomic E-state index is 0.0453. The van der Waals surface area contributed by atoms with Gasteiger partial charge in [0.1, 0.15) is 0 Å². The molecule has 1 nitrogen and oxygen atoms in total. The predicted octanol–water partition coefficient (Wildman–Crippen LogP) is 2.19. The molecule has 0 aliphatic heterocycles. The fourth-order valence-electron chi connectivity index (χ4n) is 1.91. The van der Waals surface area contributed by atoms with E-state index in [4.69, 9.17) is 4.74 Å². The molecule has 0 heterocycles. The van der Waals surface area contributed by atoms with Crippen molar-refractivity contribution < 1.29 is 4.74 Å². The van der Waals surface area contributed by atoms with Gasteiger partial charge >= 0.3 is 0 Å². The number of hydrogen-bond acceptors (Lipinski definition) is 1. The molecule has 0 radical (unpaired) electrons. The van der Waals surface area contributed by atoms with Crippen molar-refractivity contribution in [2.75, 3.05) is 7.11 Å². The number of rotatable bonds is 1. The molecular weight excluding hydrogens is 148 g/mol. The molecule has 1 aromatic rings. The highest BCUT2D eigenvalue weighted by Crippen LogP contribution is 2.31. The van der Waals surface area contributed by atoms with Crippen LogP contribution in [-0.2, 0) is 17.6 Å². The summed E-state index contributed by atoms with van der Waals surface area (Å²) in [6.45, 7) is 2.17. The van der Waals surface area contributed by atoms with E-state index in [0.717, 1.165) is 12.8 Å². The molecule has 0 unspecified atom stereocenters. The molecule has 0 spiro atoms. The zero-order valence-electron chi connectivity index (χ0n) is 7.63. The van der Waals surface area contributed by atoms with Crippen LogP contribution >= 0.6 is 0 Å². The van der Waals surface area contributed by atoms with Gasteiger partial charge in [-0.2, -0.15) is 0 Å². The lowest BCUT2D eigenvalue weighted by atomic mass is 10.0. The molecule has 0 N–H and O–H groups in total. The van der Waals surface area contributed by atoms with E-state index in [2.05, 4.69) is 31.2 Å². The third-order valence-corrected chi connectivity index (χ3v) is 2.74. The normalized spacial score (nSPS) is 19.2. The van der Waals surface area contributed by atoms with Crippen molar-refractivity contribution in [2.24, 2.45) is 0 Å². The summed E-state index contributed by atoms with van der Waals surface area (Å²) in [7, 11) is 1.80. The van der Waals surface area contributed by atoms with Gasteiger partial charge in [0.05, 0.1) is 5.60 Å². The Hall–Kier alpha value is -0.820. The second-order valence-corrected chi connectivity index (χ2v) is 3.78. The van der Waals surface area contributed by atoms with E-state index in [1.807, 2.05) is 0 Å². The molecule has 1 aliphatic carbocycles. The quantitative estimate of drug-likeness (QED) is 0.615. The number of benzene rings is 1. The van der Waals surface area contributed by atoms with Gasteiger partial charge in [0, 0.05) is 20.0 Å². The third kappa shape index (κ3) is 1.14. The standard InChI is InChI=1S/C11H14O/c1-11(12-2)7-9-5-3-4-6-10(9)8-11/h3-6H,7-8H2,1-2H3. The number of ether oxygens (including phenoxy) is 1. The van der Waals surface area contributed by atoms with Crippen molar-refractivity contribution in [3.05, 3.63) is 35.4 Å². The van der Waals surface area contributed by atoms with Gasteiger partial charge in [0.25, 0.3) is 0 Å². The van der Waals surface area contributed by atoms with E-state index >= 15 is 0 Å². The largest absolute Gasteiger partial charge is 0.378 e. The van der Waals surface area contributed by atoms with E-state index in [0.29, 0.717) is 0 Å². The van der Waals surface area contributed by atoms with E-state index in [1.165, 1.54) is 11.1 Å². The second kappa shape index (κ2) is 2.60. The highest BCUT2D eigenvalue weighted by molar-refractivity contribution is 5.34. The predicted molar refractivity (Wildman–Crippen MR) is 49.3 cm³/mol. The summed E-state index contributed by atoms with van der Waals surface area (Å²) in [6.07, 6.45) is 2.11. The molecule has 0 saturated heterocycles. The Morgan fingerprint density at radius 2 is 1.67 bits per heavy atom. The van der Waals surface area contributed by atoms with Crippen LogP contribution in [0.3, 0.4) is 0 Å². The lowest BCUT2D eigenvalue weighted by Crippen LogP contribution is -2.27. The Kier molecular flexibility index (Phi) is 1.69. The van der Waals surface area contributed by atoms with Crippen molar-refractivity contribution in [1.29, 1.82) is 0 Å². The molecule has 0 aromatic heterocycles. The maximum Gasteiger partial charge on any atom is 0.0731 e. The minimum Gasteiger partial charge on any atom is -0.378 e. The Balaban J connectivity index is 2.33. The van der Waals surface area contributed by atoms with Gasteiger partial charge < -0.3 is 4.74 Å². The molecule has 0 fully saturated rings. The monoisotopic (exact) mass is 162 g/mol. The Labute approximate surface area is 73.4 Å². The van der Waals surface area contributed by atoms with Crippen molar-refractivity contribution in [1.82, 2.24) is 0 Å². The summed E-state index contributed by atoms with van der Waals surface area (Å²) in [5, 5.41) is 0. The average molecular weight is 162 g/mol. The minimum atomic E-state index is 0.0453. The van der Waals surface area contributed by atoms with Gasteiger partial charge in [-0.1, -0.05) is 24.3 Å². The number of methoxy groups -OCH3 is 1. The summed E-state index contributed by atoms with van der Waals surface area (Å²) < 4.78 is 5.48. The lowest BCUT2D eigenvalue weighted by molar-refractivity contribution is 0.0156. The van der Waals surface area contributed by atoms with Crippen LogP contribution in [-0.4, -0.2) is 12.7 Å². The van der Waals surface area contributed by atoms with Crippen molar-refractivity contribution in [2.45, 2.75) is 25.4 Å². The molecule has 1 aliphatic rings. The number of fused-ring (bicyclic) bond motifs is 1. The molecule has 0 saturated carbocycles. The topological polar surface area (TPSA) is 9.23 Å². The Morgan fingerprint density at radius 3 is 2.08 bits per heavy atom. The highest BCUT2D eigenvalue weighted by atomic mass is 16.5. The first kappa shape index (κ1) is 7.81. The SMILES string of the molecule is COC1(C)Cc2ccccc2C1. The van der Waals surface area contributed by atoms with E-state index in [-0.39, 0.29) is 5.60 Å². The van der Waals surface area contributed by atoms with Crippen molar-refractivity contribution >= 4 is 0 Å². The molecule has 0 atom stereocenters. The summed E-state index contributed by atoms with van der Waals surface area (Å²) in [5.41, 5.74) is 2.94. The molecule has 1 aromatic carbocycles. The molecule has 2 rings (SSSR count). The van der Waals surface area contributed by atoms with Crippen LogP contribution < -0.4 is 0 Å². The maximum absolute atomic E-state index is 5.48. The zero-order chi connectivity index (χ0) is 8.60. The molecular formula is C11H14O. The molecule has 0 amide bonds. The first-order valence-electron chi connectivity index (χ1n) is 4.35. The smallest absolute Gasteiger partial charge is 0.0731 e.